The number of piperidine rings is 1. The number of hydrogen-bond acceptors (Lipinski definition) is 6. The highest BCUT2D eigenvalue weighted by atomic mass is 16.5. The lowest BCUT2D eigenvalue weighted by molar-refractivity contribution is 0.0587. The van der Waals surface area contributed by atoms with E-state index >= 15 is 0 Å². The molecule has 3 heterocycles. The first-order valence-electron chi connectivity index (χ1n) is 10.9. The highest BCUT2D eigenvalue weighted by Gasteiger charge is 2.25. The van der Waals surface area contributed by atoms with Crippen molar-refractivity contribution in [1.29, 1.82) is 5.26 Å². The van der Waals surface area contributed by atoms with Crippen LogP contribution in [0.2, 0.25) is 0 Å². The number of esters is 1. The van der Waals surface area contributed by atoms with Gasteiger partial charge in [0.25, 0.3) is 5.56 Å². The molecule has 1 aromatic carbocycles. The molecule has 0 aliphatic carbocycles. The van der Waals surface area contributed by atoms with E-state index in [2.05, 4.69) is 22.8 Å². The van der Waals surface area contributed by atoms with Gasteiger partial charge in [-0.05, 0) is 43.9 Å². The molecule has 0 spiro atoms. The molecule has 168 valence electrons. The lowest BCUT2D eigenvalue weighted by Crippen LogP contribution is -2.32. The molecule has 33 heavy (non-hydrogen) atoms. The number of rotatable bonds is 5. The lowest BCUT2D eigenvalue weighted by atomic mass is 10.1. The van der Waals surface area contributed by atoms with Gasteiger partial charge in [0.2, 0.25) is 5.95 Å². The van der Waals surface area contributed by atoms with Crippen molar-refractivity contribution in [1.82, 2.24) is 14.1 Å². The molecule has 0 N–H and O–H groups in total. The van der Waals surface area contributed by atoms with Crippen LogP contribution < -0.4 is 10.5 Å². The number of pyridine rings is 1. The monoisotopic (exact) mass is 443 g/mol. The molecule has 0 atom stereocenters. The highest BCUT2D eigenvalue weighted by Crippen LogP contribution is 2.25. The molecule has 4 rings (SSSR count). The van der Waals surface area contributed by atoms with E-state index in [0.717, 1.165) is 25.9 Å². The summed E-state index contributed by atoms with van der Waals surface area (Å²) in [6, 6.07) is 10.8. The van der Waals surface area contributed by atoms with E-state index in [-0.39, 0.29) is 17.8 Å². The number of fused-ring (bicyclic) bond motifs is 1. The molecule has 2 aromatic heterocycles. The van der Waals surface area contributed by atoms with E-state index in [1.807, 2.05) is 4.57 Å². The van der Waals surface area contributed by atoms with Gasteiger partial charge in [-0.25, -0.2) is 9.78 Å². The van der Waals surface area contributed by atoms with Gasteiger partial charge in [0.15, 0.2) is 0 Å². The van der Waals surface area contributed by atoms with Crippen LogP contribution in [0.5, 0.6) is 0 Å². The van der Waals surface area contributed by atoms with Crippen LogP contribution in [0.3, 0.4) is 0 Å². The molecule has 1 aliphatic heterocycles. The quantitative estimate of drug-likeness (QED) is 0.445. The van der Waals surface area contributed by atoms with Gasteiger partial charge in [-0.2, -0.15) is 5.26 Å². The summed E-state index contributed by atoms with van der Waals surface area (Å²) in [5.41, 5.74) is 1.64. The molecule has 0 radical (unpaired) electrons. The molecule has 0 bridgehead atoms. The Morgan fingerprint density at radius 3 is 2.64 bits per heavy atom. The van der Waals surface area contributed by atoms with Crippen molar-refractivity contribution in [2.24, 2.45) is 0 Å². The second kappa shape index (κ2) is 9.62. The number of methoxy groups -OCH3 is 1. The molecule has 0 amide bonds. The van der Waals surface area contributed by atoms with Crippen LogP contribution in [-0.4, -0.2) is 40.3 Å². The largest absolute Gasteiger partial charge is 0.464 e. The van der Waals surface area contributed by atoms with Crippen molar-refractivity contribution in [3.05, 3.63) is 57.5 Å². The zero-order chi connectivity index (χ0) is 23.4. The zero-order valence-corrected chi connectivity index (χ0v) is 18.8. The minimum Gasteiger partial charge on any atom is -0.464 e. The zero-order valence-electron chi connectivity index (χ0n) is 18.8. The highest BCUT2D eigenvalue weighted by molar-refractivity contribution is 5.92. The fourth-order valence-electron chi connectivity index (χ4n) is 4.24. The molecule has 0 saturated carbocycles. The van der Waals surface area contributed by atoms with Crippen molar-refractivity contribution < 1.29 is 9.53 Å². The maximum absolute atomic E-state index is 13.8. The second-order valence-electron chi connectivity index (χ2n) is 7.89. The van der Waals surface area contributed by atoms with Crippen LogP contribution in [0.25, 0.3) is 11.0 Å². The van der Waals surface area contributed by atoms with E-state index in [1.54, 1.807) is 37.3 Å². The van der Waals surface area contributed by atoms with Crippen molar-refractivity contribution in [2.75, 3.05) is 25.1 Å². The average Bonchev–Trinajstić information content (AvgIpc) is 3.23. The number of hydrogen-bond donors (Lipinski definition) is 0. The molecule has 8 nitrogen and oxygen atoms in total. The third-order valence-electron chi connectivity index (χ3n) is 5.90. The summed E-state index contributed by atoms with van der Waals surface area (Å²) in [7, 11) is 1.28. The number of nitriles is 1. The van der Waals surface area contributed by atoms with Gasteiger partial charge < -0.3 is 9.64 Å². The Bertz CT molecular complexity index is 1360. The van der Waals surface area contributed by atoms with Crippen LogP contribution in [0.15, 0.2) is 35.1 Å². The molecular formula is C25H25N5O3. The van der Waals surface area contributed by atoms with Gasteiger partial charge in [0, 0.05) is 13.1 Å². The maximum Gasteiger partial charge on any atom is 0.354 e. The normalized spacial score (nSPS) is 13.3. The van der Waals surface area contributed by atoms with Gasteiger partial charge in [0.1, 0.15) is 11.2 Å². The van der Waals surface area contributed by atoms with Gasteiger partial charge in [-0.3, -0.25) is 13.9 Å². The molecule has 1 aliphatic rings. The van der Waals surface area contributed by atoms with Crippen molar-refractivity contribution in [3.63, 3.8) is 0 Å². The Balaban J connectivity index is 1.96. The van der Waals surface area contributed by atoms with Crippen molar-refractivity contribution >= 4 is 23.0 Å². The molecular weight excluding hydrogens is 418 g/mol. The van der Waals surface area contributed by atoms with Crippen LogP contribution in [0, 0.1) is 23.2 Å². The number of carbonyl (C=O) groups is 1. The Labute approximate surface area is 192 Å². The Morgan fingerprint density at radius 2 is 1.94 bits per heavy atom. The fraction of sp³-hybridized carbons (Fsp3) is 0.360. The summed E-state index contributed by atoms with van der Waals surface area (Å²) in [6.45, 7) is 3.85. The van der Waals surface area contributed by atoms with Gasteiger partial charge >= 0.3 is 5.97 Å². The number of imidazole rings is 1. The second-order valence-corrected chi connectivity index (χ2v) is 7.89. The van der Waals surface area contributed by atoms with Crippen LogP contribution in [0.1, 0.15) is 47.8 Å². The number of anilines is 1. The number of carbonyl (C=O) groups excluding carboxylic acids is 1. The maximum atomic E-state index is 13.8. The average molecular weight is 444 g/mol. The molecule has 1 fully saturated rings. The minimum atomic E-state index is -0.633. The third-order valence-corrected chi connectivity index (χ3v) is 5.90. The SMILES string of the molecule is CC#CCn1c(N2CCCCC2)nc2cc(C(=O)OC)n(Cc3ccccc3C#N)c(=O)c21. The van der Waals surface area contributed by atoms with E-state index in [1.165, 1.54) is 18.1 Å². The Hall–Kier alpha value is -4.04. The third kappa shape index (κ3) is 4.20. The van der Waals surface area contributed by atoms with Crippen LogP contribution in [0.4, 0.5) is 5.95 Å². The first-order chi connectivity index (χ1) is 16.1. The molecule has 3 aromatic rings. The standard InChI is InChI=1S/C25H25N5O3/c1-3-4-14-29-22-20(27-25(29)28-12-8-5-9-13-28)15-21(24(32)33-2)30(23(22)31)17-19-11-7-6-10-18(19)16-26/h6-7,10-11,15H,5,8-9,12-14,17H2,1-2H3. The van der Waals surface area contributed by atoms with E-state index in [4.69, 9.17) is 9.72 Å². The number of ether oxygens (including phenoxy) is 1. The Kier molecular flexibility index (Phi) is 6.46. The number of nitrogens with zero attached hydrogens (tertiary/aromatic N) is 5. The summed E-state index contributed by atoms with van der Waals surface area (Å²) < 4.78 is 8.17. The van der Waals surface area contributed by atoms with Crippen LogP contribution >= 0.6 is 0 Å². The predicted molar refractivity (Wildman–Crippen MR) is 125 cm³/mol. The van der Waals surface area contributed by atoms with Crippen LogP contribution in [-0.2, 0) is 17.8 Å². The minimum absolute atomic E-state index is 0.0621. The molecule has 1 saturated heterocycles. The fourth-order valence-corrected chi connectivity index (χ4v) is 4.24. The summed E-state index contributed by atoms with van der Waals surface area (Å²) in [5.74, 6) is 6.00. The van der Waals surface area contributed by atoms with Gasteiger partial charge in [-0.15, -0.1) is 5.92 Å². The molecule has 0 unspecified atom stereocenters. The number of aromatic nitrogens is 3. The van der Waals surface area contributed by atoms with E-state index in [0.29, 0.717) is 34.7 Å². The summed E-state index contributed by atoms with van der Waals surface area (Å²) in [4.78, 5) is 33.4. The summed E-state index contributed by atoms with van der Waals surface area (Å²) in [6.07, 6.45) is 3.29. The van der Waals surface area contributed by atoms with Gasteiger partial charge in [-0.1, -0.05) is 24.1 Å². The molecule has 8 heteroatoms. The predicted octanol–water partition coefficient (Wildman–Crippen LogP) is 2.92. The summed E-state index contributed by atoms with van der Waals surface area (Å²) >= 11 is 0. The first-order valence-corrected chi connectivity index (χ1v) is 10.9. The lowest BCUT2D eigenvalue weighted by Gasteiger charge is -2.27. The summed E-state index contributed by atoms with van der Waals surface area (Å²) in [5, 5.41) is 9.49. The van der Waals surface area contributed by atoms with E-state index in [9.17, 15) is 14.9 Å². The number of benzene rings is 1. The first kappa shape index (κ1) is 22.2. The van der Waals surface area contributed by atoms with Gasteiger partial charge in [0.05, 0.1) is 37.3 Å². The Morgan fingerprint density at radius 1 is 1.18 bits per heavy atom. The van der Waals surface area contributed by atoms with E-state index < -0.39 is 5.97 Å². The van der Waals surface area contributed by atoms with Crippen molar-refractivity contribution in [3.8, 4) is 17.9 Å². The topological polar surface area (TPSA) is 93.2 Å². The smallest absolute Gasteiger partial charge is 0.354 e. The van der Waals surface area contributed by atoms with Crippen molar-refractivity contribution in [2.45, 2.75) is 39.3 Å².